The quantitative estimate of drug-likeness (QED) is 0.538. The van der Waals surface area contributed by atoms with E-state index in [0.29, 0.717) is 31.1 Å². The molecule has 0 amide bonds. The summed E-state index contributed by atoms with van der Waals surface area (Å²) in [6, 6.07) is 7.89. The summed E-state index contributed by atoms with van der Waals surface area (Å²) >= 11 is 0. The van der Waals surface area contributed by atoms with E-state index in [1.165, 1.54) is 6.26 Å². The second-order valence-corrected chi connectivity index (χ2v) is 10.6. The summed E-state index contributed by atoms with van der Waals surface area (Å²) in [6.07, 6.45) is 5.10. The van der Waals surface area contributed by atoms with Crippen LogP contribution in [0.3, 0.4) is 0 Å². The van der Waals surface area contributed by atoms with Crippen LogP contribution in [0.5, 0.6) is 0 Å². The number of hydrogen-bond donors (Lipinski definition) is 1. The largest absolute Gasteiger partial charge is 0.382 e. The average molecular weight is 447 g/mol. The number of para-hydroxylation sites is 1. The molecule has 0 radical (unpaired) electrons. The average Bonchev–Trinajstić information content (AvgIpc) is 3.32. The highest BCUT2D eigenvalue weighted by molar-refractivity contribution is 7.90. The summed E-state index contributed by atoms with van der Waals surface area (Å²) in [6.45, 7) is 3.65. The number of imidazole rings is 1. The maximum Gasteiger partial charge on any atom is 0.152 e. The smallest absolute Gasteiger partial charge is 0.152 e. The third-order valence-corrected chi connectivity index (χ3v) is 6.86. The van der Waals surface area contributed by atoms with Crippen molar-refractivity contribution in [2.75, 3.05) is 31.0 Å². The van der Waals surface area contributed by atoms with Gasteiger partial charge in [-0.2, -0.15) is 0 Å². The molecule has 1 saturated carbocycles. The van der Waals surface area contributed by atoms with E-state index in [9.17, 15) is 8.42 Å². The van der Waals surface area contributed by atoms with Gasteiger partial charge in [-0.1, -0.05) is 31.0 Å². The minimum Gasteiger partial charge on any atom is -0.382 e. The molecule has 1 fully saturated rings. The van der Waals surface area contributed by atoms with Crippen LogP contribution in [0, 0.1) is 0 Å². The van der Waals surface area contributed by atoms with Gasteiger partial charge in [-0.15, -0.1) is 0 Å². The standard InChI is InChI=1S/C22H30N4O4S/c1-3-29-14-18-25-19-20(16-8-4-5-9-17(16)24-21(19)23)26(18)15-22(10-6-7-11-22)30-12-13-31(2,27)28/h4-5,8-9H,3,6-7,10-15H2,1-2H3,(H2,23,24). The molecule has 0 unspecified atom stereocenters. The van der Waals surface area contributed by atoms with Gasteiger partial charge in [0.25, 0.3) is 0 Å². The molecule has 9 heteroatoms. The summed E-state index contributed by atoms with van der Waals surface area (Å²) in [5, 5.41) is 0.978. The Morgan fingerprint density at radius 2 is 1.94 bits per heavy atom. The number of nitrogens with zero attached hydrogens (tertiary/aromatic N) is 3. The fourth-order valence-electron chi connectivity index (χ4n) is 4.44. The zero-order valence-electron chi connectivity index (χ0n) is 18.1. The van der Waals surface area contributed by atoms with E-state index in [1.807, 2.05) is 31.2 Å². The molecule has 1 aliphatic rings. The van der Waals surface area contributed by atoms with Crippen molar-refractivity contribution in [3.8, 4) is 0 Å². The number of anilines is 1. The number of nitrogens with two attached hydrogens (primary N) is 1. The molecule has 3 aromatic rings. The number of pyridine rings is 1. The van der Waals surface area contributed by atoms with Crippen LogP contribution in [0.15, 0.2) is 24.3 Å². The number of rotatable bonds is 9. The van der Waals surface area contributed by atoms with E-state index in [-0.39, 0.29) is 12.4 Å². The molecule has 1 aromatic carbocycles. The van der Waals surface area contributed by atoms with Gasteiger partial charge in [-0.25, -0.2) is 18.4 Å². The van der Waals surface area contributed by atoms with E-state index < -0.39 is 15.4 Å². The fourth-order valence-corrected chi connectivity index (χ4v) is 4.83. The first-order valence-electron chi connectivity index (χ1n) is 10.7. The third-order valence-electron chi connectivity index (χ3n) is 5.95. The fraction of sp³-hybridized carbons (Fsp3) is 0.545. The first-order chi connectivity index (χ1) is 14.8. The third kappa shape index (κ3) is 4.68. The SMILES string of the molecule is CCOCc1nc2c(N)nc3ccccc3c2n1CC1(OCCS(C)(=O)=O)CCCC1. The highest BCUT2D eigenvalue weighted by Crippen LogP contribution is 2.38. The van der Waals surface area contributed by atoms with Crippen LogP contribution in [0.25, 0.3) is 21.9 Å². The summed E-state index contributed by atoms with van der Waals surface area (Å²) in [5.74, 6) is 1.19. The molecule has 2 aromatic heterocycles. The van der Waals surface area contributed by atoms with E-state index in [2.05, 4.69) is 9.55 Å². The van der Waals surface area contributed by atoms with Gasteiger partial charge in [-0.05, 0) is 25.8 Å². The number of ether oxygens (including phenoxy) is 2. The summed E-state index contributed by atoms with van der Waals surface area (Å²) < 4.78 is 37.4. The van der Waals surface area contributed by atoms with Gasteiger partial charge < -0.3 is 19.8 Å². The van der Waals surface area contributed by atoms with Crippen molar-refractivity contribution >= 4 is 37.6 Å². The Kier molecular flexibility index (Phi) is 6.18. The van der Waals surface area contributed by atoms with E-state index >= 15 is 0 Å². The molecule has 31 heavy (non-hydrogen) atoms. The van der Waals surface area contributed by atoms with E-state index in [4.69, 9.17) is 20.2 Å². The number of aromatic nitrogens is 3. The van der Waals surface area contributed by atoms with E-state index in [0.717, 1.165) is 47.9 Å². The number of hydrogen-bond acceptors (Lipinski definition) is 7. The highest BCUT2D eigenvalue weighted by Gasteiger charge is 2.37. The van der Waals surface area contributed by atoms with Crippen LogP contribution in [0.1, 0.15) is 38.4 Å². The lowest BCUT2D eigenvalue weighted by atomic mass is 10.0. The Balaban J connectivity index is 1.80. The van der Waals surface area contributed by atoms with Crippen LogP contribution in [0.4, 0.5) is 5.82 Å². The summed E-state index contributed by atoms with van der Waals surface area (Å²) in [7, 11) is -3.08. The van der Waals surface area contributed by atoms with Gasteiger partial charge in [-0.3, -0.25) is 0 Å². The number of nitrogen functional groups attached to an aromatic ring is 1. The van der Waals surface area contributed by atoms with Gasteiger partial charge in [0.15, 0.2) is 5.82 Å². The Morgan fingerprint density at radius 1 is 1.19 bits per heavy atom. The van der Waals surface area contributed by atoms with Crippen molar-refractivity contribution in [3.05, 3.63) is 30.1 Å². The van der Waals surface area contributed by atoms with Gasteiger partial charge in [0.05, 0.1) is 35.5 Å². The molecule has 8 nitrogen and oxygen atoms in total. The lowest BCUT2D eigenvalue weighted by Gasteiger charge is -2.31. The Labute approximate surface area is 182 Å². The lowest BCUT2D eigenvalue weighted by Crippen LogP contribution is -2.36. The molecule has 0 saturated heterocycles. The normalized spacial score (nSPS) is 16.5. The predicted octanol–water partition coefficient (Wildman–Crippen LogP) is 3.08. The molecule has 4 rings (SSSR count). The Bertz CT molecular complexity index is 1180. The molecule has 2 N–H and O–H groups in total. The second kappa shape index (κ2) is 8.72. The first-order valence-corrected chi connectivity index (χ1v) is 12.8. The van der Waals surface area contributed by atoms with Crippen LogP contribution >= 0.6 is 0 Å². The zero-order chi connectivity index (χ0) is 22.1. The molecule has 0 spiro atoms. The zero-order valence-corrected chi connectivity index (χ0v) is 19.0. The Hall–Kier alpha value is -2.23. The van der Waals surface area contributed by atoms with Crippen LogP contribution in [-0.4, -0.2) is 53.8 Å². The maximum atomic E-state index is 11.6. The van der Waals surface area contributed by atoms with Crippen molar-refractivity contribution in [1.82, 2.24) is 14.5 Å². The number of benzene rings is 1. The van der Waals surface area contributed by atoms with Crippen molar-refractivity contribution < 1.29 is 17.9 Å². The molecular formula is C22H30N4O4S. The summed E-state index contributed by atoms with van der Waals surface area (Å²) in [5.41, 5.74) is 8.25. The van der Waals surface area contributed by atoms with Crippen LogP contribution in [0.2, 0.25) is 0 Å². The topological polar surface area (TPSA) is 109 Å². The van der Waals surface area contributed by atoms with Crippen molar-refractivity contribution in [2.24, 2.45) is 0 Å². The molecule has 2 heterocycles. The minimum absolute atomic E-state index is 0.0189. The van der Waals surface area contributed by atoms with Gasteiger partial charge in [0.2, 0.25) is 0 Å². The van der Waals surface area contributed by atoms with Crippen LogP contribution in [-0.2, 0) is 32.5 Å². The van der Waals surface area contributed by atoms with Gasteiger partial charge in [0, 0.05) is 18.2 Å². The van der Waals surface area contributed by atoms with Crippen molar-refractivity contribution in [2.45, 2.75) is 51.4 Å². The first kappa shape index (κ1) is 22.0. The van der Waals surface area contributed by atoms with Gasteiger partial charge in [0.1, 0.15) is 27.8 Å². The maximum absolute atomic E-state index is 11.6. The summed E-state index contributed by atoms with van der Waals surface area (Å²) in [4.78, 5) is 9.32. The predicted molar refractivity (Wildman–Crippen MR) is 122 cm³/mol. The van der Waals surface area contributed by atoms with Crippen molar-refractivity contribution in [3.63, 3.8) is 0 Å². The van der Waals surface area contributed by atoms with E-state index in [1.54, 1.807) is 0 Å². The van der Waals surface area contributed by atoms with Gasteiger partial charge >= 0.3 is 0 Å². The highest BCUT2D eigenvalue weighted by atomic mass is 32.2. The number of sulfone groups is 1. The lowest BCUT2D eigenvalue weighted by molar-refractivity contribution is -0.0457. The monoisotopic (exact) mass is 446 g/mol. The minimum atomic E-state index is -3.08. The molecule has 0 bridgehead atoms. The van der Waals surface area contributed by atoms with Crippen molar-refractivity contribution in [1.29, 1.82) is 0 Å². The molecule has 1 aliphatic carbocycles. The molecule has 0 aliphatic heterocycles. The Morgan fingerprint density at radius 3 is 2.65 bits per heavy atom. The number of fused-ring (bicyclic) bond motifs is 3. The molecular weight excluding hydrogens is 416 g/mol. The van der Waals surface area contributed by atoms with Crippen LogP contribution < -0.4 is 5.73 Å². The molecule has 0 atom stereocenters. The second-order valence-electron chi connectivity index (χ2n) is 8.33. The molecule has 168 valence electrons.